The molecule has 6 heteroatoms. The lowest BCUT2D eigenvalue weighted by Gasteiger charge is -2.09. The van der Waals surface area contributed by atoms with Gasteiger partial charge in [0.15, 0.2) is 0 Å². The molecule has 0 saturated heterocycles. The smallest absolute Gasteiger partial charge is 0.327 e. The summed E-state index contributed by atoms with van der Waals surface area (Å²) in [6.07, 6.45) is -4.24. The van der Waals surface area contributed by atoms with Crippen molar-refractivity contribution in [2.24, 2.45) is 0 Å². The third kappa shape index (κ3) is 3.66. The number of nitrogens with zero attached hydrogens (tertiary/aromatic N) is 2. The Bertz CT molecular complexity index is 590. The molecule has 2 rings (SSSR count). The number of hydrogen-bond donors (Lipinski definition) is 0. The molecule has 20 heavy (non-hydrogen) atoms. The van der Waals surface area contributed by atoms with Crippen molar-refractivity contribution >= 4 is 22.6 Å². The van der Waals surface area contributed by atoms with Gasteiger partial charge in [0.05, 0.1) is 16.9 Å². The maximum absolute atomic E-state index is 12.1. The first-order valence-electron chi connectivity index (χ1n) is 6.49. The van der Waals surface area contributed by atoms with Gasteiger partial charge in [-0.3, -0.25) is 0 Å². The predicted molar refractivity (Wildman–Crippen MR) is 73.9 cm³/mol. The first kappa shape index (κ1) is 15.2. The molecule has 0 unspecified atom stereocenters. The summed E-state index contributed by atoms with van der Waals surface area (Å²) in [4.78, 5) is 4.43. The normalized spacial score (nSPS) is 12.2. The van der Waals surface area contributed by atoms with Gasteiger partial charge in [-0.25, -0.2) is 4.98 Å². The van der Waals surface area contributed by atoms with Crippen molar-refractivity contribution in [2.75, 3.05) is 0 Å². The fourth-order valence-corrected chi connectivity index (χ4v) is 2.44. The third-order valence-electron chi connectivity index (χ3n) is 3.19. The number of aryl methyl sites for hydroxylation is 2. The van der Waals surface area contributed by atoms with Gasteiger partial charge in [-0.2, -0.15) is 13.2 Å². The summed E-state index contributed by atoms with van der Waals surface area (Å²) < 4.78 is 38.3. The van der Waals surface area contributed by atoms with E-state index in [2.05, 4.69) is 4.98 Å². The molecule has 0 radical (unpaired) electrons. The van der Waals surface area contributed by atoms with Crippen LogP contribution in [0.2, 0.25) is 0 Å². The molecule has 0 aliphatic heterocycles. The Morgan fingerprint density at radius 3 is 2.65 bits per heavy atom. The van der Waals surface area contributed by atoms with Gasteiger partial charge in [-0.15, -0.1) is 11.6 Å². The molecule has 0 atom stereocenters. The summed E-state index contributed by atoms with van der Waals surface area (Å²) >= 11 is 5.87. The van der Waals surface area contributed by atoms with E-state index in [1.165, 1.54) is 0 Å². The predicted octanol–water partition coefficient (Wildman–Crippen LogP) is 4.82. The van der Waals surface area contributed by atoms with Crippen molar-refractivity contribution in [1.82, 2.24) is 9.55 Å². The Morgan fingerprint density at radius 2 is 2.00 bits per heavy atom. The average Bonchev–Trinajstić information content (AvgIpc) is 2.70. The number of alkyl halides is 4. The van der Waals surface area contributed by atoms with Crippen molar-refractivity contribution in [3.8, 4) is 0 Å². The summed E-state index contributed by atoms with van der Waals surface area (Å²) in [5.74, 6) is 0.965. The second kappa shape index (κ2) is 6.04. The second-order valence-electron chi connectivity index (χ2n) is 4.88. The molecular formula is C14H16ClF3N2. The van der Waals surface area contributed by atoms with E-state index in [9.17, 15) is 13.2 Å². The molecule has 1 aromatic heterocycles. The first-order valence-corrected chi connectivity index (χ1v) is 7.02. The minimum Gasteiger partial charge on any atom is -0.327 e. The van der Waals surface area contributed by atoms with Gasteiger partial charge in [-0.1, -0.05) is 6.07 Å². The van der Waals surface area contributed by atoms with Crippen LogP contribution in [0.3, 0.4) is 0 Å². The zero-order chi connectivity index (χ0) is 14.8. The maximum atomic E-state index is 12.1. The van der Waals surface area contributed by atoms with Crippen LogP contribution in [0.25, 0.3) is 11.0 Å². The number of hydrogen-bond acceptors (Lipinski definition) is 1. The number of halogens is 4. The largest absolute Gasteiger partial charge is 0.389 e. The van der Waals surface area contributed by atoms with Gasteiger partial charge in [0, 0.05) is 13.0 Å². The summed E-state index contributed by atoms with van der Waals surface area (Å²) in [6, 6.07) is 5.86. The van der Waals surface area contributed by atoms with Crippen molar-refractivity contribution in [3.05, 3.63) is 29.6 Å². The van der Waals surface area contributed by atoms with E-state index in [0.29, 0.717) is 18.8 Å². The Kier molecular flexibility index (Phi) is 4.58. The molecule has 2 nitrogen and oxygen atoms in total. The Hall–Kier alpha value is -1.23. The molecule has 0 fully saturated rings. The van der Waals surface area contributed by atoms with E-state index in [1.807, 2.05) is 29.7 Å². The molecular weight excluding hydrogens is 289 g/mol. The van der Waals surface area contributed by atoms with Crippen LogP contribution in [0.4, 0.5) is 13.2 Å². The van der Waals surface area contributed by atoms with Crippen molar-refractivity contribution in [1.29, 1.82) is 0 Å². The molecule has 1 aromatic carbocycles. The SMILES string of the molecule is Cc1ccc2c(c1)nc(CCl)n2CCCCC(F)(F)F. The molecule has 0 spiro atoms. The van der Waals surface area contributed by atoms with E-state index in [-0.39, 0.29) is 12.3 Å². The van der Waals surface area contributed by atoms with E-state index in [0.717, 1.165) is 16.6 Å². The van der Waals surface area contributed by atoms with Crippen molar-refractivity contribution in [3.63, 3.8) is 0 Å². The van der Waals surface area contributed by atoms with Crippen molar-refractivity contribution in [2.45, 2.75) is 44.8 Å². The lowest BCUT2D eigenvalue weighted by Crippen LogP contribution is -2.08. The lowest BCUT2D eigenvalue weighted by molar-refractivity contribution is -0.135. The van der Waals surface area contributed by atoms with E-state index in [1.54, 1.807) is 0 Å². The summed E-state index contributed by atoms with van der Waals surface area (Å²) in [7, 11) is 0. The van der Waals surface area contributed by atoms with Crippen LogP contribution >= 0.6 is 11.6 Å². The minimum atomic E-state index is -4.08. The summed E-state index contributed by atoms with van der Waals surface area (Å²) in [6.45, 7) is 2.49. The van der Waals surface area contributed by atoms with Crippen LogP contribution < -0.4 is 0 Å². The monoisotopic (exact) mass is 304 g/mol. The second-order valence-corrected chi connectivity index (χ2v) is 5.15. The first-order chi connectivity index (χ1) is 9.40. The highest BCUT2D eigenvalue weighted by molar-refractivity contribution is 6.16. The molecule has 0 saturated carbocycles. The van der Waals surface area contributed by atoms with E-state index < -0.39 is 12.6 Å². The van der Waals surface area contributed by atoms with Gasteiger partial charge in [-0.05, 0) is 37.5 Å². The molecule has 110 valence electrons. The minimum absolute atomic E-state index is 0.122. The number of imidazole rings is 1. The van der Waals surface area contributed by atoms with Crippen LogP contribution in [0.15, 0.2) is 18.2 Å². The number of benzene rings is 1. The maximum Gasteiger partial charge on any atom is 0.389 e. The zero-order valence-electron chi connectivity index (χ0n) is 11.2. The number of unbranched alkanes of at least 4 members (excludes halogenated alkanes) is 1. The van der Waals surface area contributed by atoms with Crippen LogP contribution in [-0.4, -0.2) is 15.7 Å². The molecule has 1 heterocycles. The quantitative estimate of drug-likeness (QED) is 0.572. The number of fused-ring (bicyclic) bond motifs is 1. The average molecular weight is 305 g/mol. The molecule has 0 aliphatic carbocycles. The summed E-state index contributed by atoms with van der Waals surface area (Å²) in [5.41, 5.74) is 2.87. The standard InChI is InChI=1S/C14H16ClF3N2/c1-10-4-5-12-11(8-10)19-13(9-15)20(12)7-3-2-6-14(16,17)18/h4-5,8H,2-3,6-7,9H2,1H3. The number of aromatic nitrogens is 2. The topological polar surface area (TPSA) is 17.8 Å². The van der Waals surface area contributed by atoms with Gasteiger partial charge >= 0.3 is 6.18 Å². The van der Waals surface area contributed by atoms with Crippen LogP contribution in [-0.2, 0) is 12.4 Å². The van der Waals surface area contributed by atoms with Gasteiger partial charge < -0.3 is 4.57 Å². The van der Waals surface area contributed by atoms with Crippen LogP contribution in [0, 0.1) is 6.92 Å². The fraction of sp³-hybridized carbons (Fsp3) is 0.500. The molecule has 0 N–H and O–H groups in total. The van der Waals surface area contributed by atoms with Crippen LogP contribution in [0.5, 0.6) is 0 Å². The van der Waals surface area contributed by atoms with Crippen molar-refractivity contribution < 1.29 is 13.2 Å². The highest BCUT2D eigenvalue weighted by atomic mass is 35.5. The molecule has 2 aromatic rings. The lowest BCUT2D eigenvalue weighted by atomic mass is 10.2. The van der Waals surface area contributed by atoms with Gasteiger partial charge in [0.2, 0.25) is 0 Å². The number of rotatable bonds is 5. The zero-order valence-corrected chi connectivity index (χ0v) is 11.9. The van der Waals surface area contributed by atoms with E-state index in [4.69, 9.17) is 11.6 Å². The fourth-order valence-electron chi connectivity index (χ4n) is 2.24. The molecule has 0 bridgehead atoms. The highest BCUT2D eigenvalue weighted by Crippen LogP contribution is 2.24. The van der Waals surface area contributed by atoms with Gasteiger partial charge in [0.1, 0.15) is 5.82 Å². The third-order valence-corrected chi connectivity index (χ3v) is 3.43. The Labute approximate surface area is 120 Å². The van der Waals surface area contributed by atoms with Gasteiger partial charge in [0.25, 0.3) is 0 Å². The van der Waals surface area contributed by atoms with Crippen LogP contribution in [0.1, 0.15) is 30.7 Å². The highest BCUT2D eigenvalue weighted by Gasteiger charge is 2.25. The molecule has 0 aliphatic rings. The molecule has 0 amide bonds. The Morgan fingerprint density at radius 1 is 1.25 bits per heavy atom. The summed E-state index contributed by atoms with van der Waals surface area (Å²) in [5, 5.41) is 0. The Balaban J connectivity index is 2.12. The van der Waals surface area contributed by atoms with E-state index >= 15 is 0 Å².